The zero-order valence-electron chi connectivity index (χ0n) is 9.09. The van der Waals surface area contributed by atoms with Crippen LogP contribution in [0.15, 0.2) is 12.4 Å². The number of hydrogen-bond acceptors (Lipinski definition) is 5. The molecule has 0 spiro atoms. The smallest absolute Gasteiger partial charge is 0.243 e. The van der Waals surface area contributed by atoms with Crippen LogP contribution in [-0.4, -0.2) is 36.0 Å². The molecule has 0 saturated carbocycles. The number of nitrogens with zero attached hydrogens (tertiary/aromatic N) is 6. The largest absolute Gasteiger partial charge is 0.437 e. The highest BCUT2D eigenvalue weighted by Crippen LogP contribution is 2.30. The van der Waals surface area contributed by atoms with Crippen molar-refractivity contribution in [1.29, 1.82) is 0 Å². The number of carbonyl (C=O) groups is 1. The summed E-state index contributed by atoms with van der Waals surface area (Å²) < 4.78 is 39.1. The fourth-order valence-electron chi connectivity index (χ4n) is 1.40. The van der Waals surface area contributed by atoms with Crippen LogP contribution in [0.25, 0.3) is 0 Å². The van der Waals surface area contributed by atoms with Crippen molar-refractivity contribution in [1.82, 2.24) is 30.0 Å². The normalized spacial score (nSPS) is 11.8. The van der Waals surface area contributed by atoms with Crippen molar-refractivity contribution in [2.75, 3.05) is 0 Å². The maximum absolute atomic E-state index is 12.6. The van der Waals surface area contributed by atoms with Gasteiger partial charge in [-0.3, -0.25) is 0 Å². The van der Waals surface area contributed by atoms with E-state index >= 15 is 0 Å². The van der Waals surface area contributed by atoms with Crippen LogP contribution in [0, 0.1) is 0 Å². The molecule has 0 aromatic carbocycles. The number of alkyl halides is 3. The van der Waals surface area contributed by atoms with Gasteiger partial charge < -0.3 is 0 Å². The Labute approximate surface area is 98.2 Å². The lowest BCUT2D eigenvalue weighted by Gasteiger charge is -2.06. The minimum Gasteiger partial charge on any atom is -0.243 e. The second-order valence-electron chi connectivity index (χ2n) is 3.28. The molecule has 0 aliphatic carbocycles. The van der Waals surface area contributed by atoms with E-state index in [1.54, 1.807) is 0 Å². The lowest BCUT2D eigenvalue weighted by Crippen LogP contribution is -2.24. The summed E-state index contributed by atoms with van der Waals surface area (Å²) in [6.45, 7) is 1.47. The van der Waals surface area contributed by atoms with Crippen LogP contribution in [0.5, 0.6) is 0 Å². The lowest BCUT2D eigenvalue weighted by atomic mass is 10.2. The van der Waals surface area contributed by atoms with Gasteiger partial charge in [-0.25, -0.2) is 4.79 Å². The standard InChI is InChI=1S/C8H7F3N6O/c1-2-5-6(8(9,10)11)13-15-17(5)7(18)16-4-3-12-14-16/h3-4H,2H2,1H3. The third-order valence-corrected chi connectivity index (χ3v) is 2.17. The quantitative estimate of drug-likeness (QED) is 0.763. The van der Waals surface area contributed by atoms with Gasteiger partial charge in [0.25, 0.3) is 0 Å². The van der Waals surface area contributed by atoms with Crippen LogP contribution in [-0.2, 0) is 12.6 Å². The minimum absolute atomic E-state index is 0.0394. The maximum atomic E-state index is 12.6. The number of aromatic nitrogens is 6. The second kappa shape index (κ2) is 4.20. The fraction of sp³-hybridized carbons (Fsp3) is 0.375. The molecule has 10 heteroatoms. The summed E-state index contributed by atoms with van der Waals surface area (Å²) in [4.78, 5) is 11.8. The highest BCUT2D eigenvalue weighted by molar-refractivity contribution is 5.77. The average molecular weight is 260 g/mol. The van der Waals surface area contributed by atoms with E-state index in [4.69, 9.17) is 0 Å². The van der Waals surface area contributed by atoms with E-state index in [9.17, 15) is 18.0 Å². The molecule has 0 unspecified atom stereocenters. The first-order chi connectivity index (χ1) is 8.45. The second-order valence-corrected chi connectivity index (χ2v) is 3.28. The third kappa shape index (κ3) is 1.96. The van der Waals surface area contributed by atoms with Crippen LogP contribution < -0.4 is 0 Å². The minimum atomic E-state index is -4.65. The van der Waals surface area contributed by atoms with Crippen molar-refractivity contribution in [3.05, 3.63) is 23.8 Å². The van der Waals surface area contributed by atoms with Crippen molar-refractivity contribution in [2.24, 2.45) is 0 Å². The van der Waals surface area contributed by atoms with Gasteiger partial charge in [-0.05, 0) is 6.42 Å². The Kier molecular flexibility index (Phi) is 2.85. The molecule has 0 N–H and O–H groups in total. The Hall–Kier alpha value is -2.26. The summed E-state index contributed by atoms with van der Waals surface area (Å²) in [6.07, 6.45) is -2.25. The third-order valence-electron chi connectivity index (χ3n) is 2.17. The first-order valence-corrected chi connectivity index (χ1v) is 4.88. The molecule has 0 radical (unpaired) electrons. The predicted molar refractivity (Wildman–Crippen MR) is 50.6 cm³/mol. The summed E-state index contributed by atoms with van der Waals surface area (Å²) in [7, 11) is 0. The lowest BCUT2D eigenvalue weighted by molar-refractivity contribution is -0.141. The molecule has 0 amide bonds. The predicted octanol–water partition coefficient (Wildman–Crippen LogP) is 0.967. The Bertz CT molecular complexity index is 558. The Morgan fingerprint density at radius 3 is 2.61 bits per heavy atom. The molecule has 7 nitrogen and oxygen atoms in total. The Morgan fingerprint density at radius 2 is 2.11 bits per heavy atom. The van der Waals surface area contributed by atoms with Crippen LogP contribution in [0.4, 0.5) is 18.0 Å². The Morgan fingerprint density at radius 1 is 1.39 bits per heavy atom. The molecule has 0 aliphatic heterocycles. The van der Waals surface area contributed by atoms with Gasteiger partial charge in [-0.2, -0.15) is 22.5 Å². The number of hydrogen-bond donors (Lipinski definition) is 0. The van der Waals surface area contributed by atoms with Crippen molar-refractivity contribution in [2.45, 2.75) is 19.5 Å². The van der Waals surface area contributed by atoms with Crippen LogP contribution >= 0.6 is 0 Å². The van der Waals surface area contributed by atoms with Crippen LogP contribution in [0.2, 0.25) is 0 Å². The Balaban J connectivity index is 2.47. The summed E-state index contributed by atoms with van der Waals surface area (Å²) >= 11 is 0. The molecule has 0 bridgehead atoms. The molecule has 0 aliphatic rings. The van der Waals surface area contributed by atoms with E-state index in [2.05, 4.69) is 20.6 Å². The van der Waals surface area contributed by atoms with E-state index < -0.39 is 17.9 Å². The number of carbonyl (C=O) groups excluding carboxylic acids is 1. The first kappa shape index (κ1) is 12.2. The van der Waals surface area contributed by atoms with Gasteiger partial charge in [-0.1, -0.05) is 17.4 Å². The molecule has 0 fully saturated rings. The van der Waals surface area contributed by atoms with Gasteiger partial charge >= 0.3 is 12.2 Å². The van der Waals surface area contributed by atoms with E-state index in [0.717, 1.165) is 4.68 Å². The van der Waals surface area contributed by atoms with E-state index in [0.29, 0.717) is 4.68 Å². The van der Waals surface area contributed by atoms with Gasteiger partial charge in [0.2, 0.25) is 0 Å². The molecule has 0 saturated heterocycles. The van der Waals surface area contributed by atoms with E-state index in [1.807, 2.05) is 0 Å². The highest BCUT2D eigenvalue weighted by Gasteiger charge is 2.39. The summed E-state index contributed by atoms with van der Waals surface area (Å²) in [5, 5.41) is 13.0. The molecule has 2 rings (SSSR count). The number of rotatable bonds is 1. The zero-order chi connectivity index (χ0) is 13.3. The van der Waals surface area contributed by atoms with Gasteiger partial charge in [0.15, 0.2) is 5.69 Å². The molecule has 2 aromatic heterocycles. The van der Waals surface area contributed by atoms with Gasteiger partial charge in [0.1, 0.15) is 0 Å². The highest BCUT2D eigenvalue weighted by atomic mass is 19.4. The topological polar surface area (TPSA) is 78.5 Å². The van der Waals surface area contributed by atoms with Gasteiger partial charge in [-0.15, -0.1) is 10.2 Å². The first-order valence-electron chi connectivity index (χ1n) is 4.88. The molecule has 18 heavy (non-hydrogen) atoms. The molecule has 2 aromatic rings. The summed E-state index contributed by atoms with van der Waals surface area (Å²) in [5.74, 6) is 0. The summed E-state index contributed by atoms with van der Waals surface area (Å²) in [5.41, 5.74) is -1.48. The average Bonchev–Trinajstić information content (AvgIpc) is 2.96. The summed E-state index contributed by atoms with van der Waals surface area (Å²) in [6, 6.07) is -0.868. The van der Waals surface area contributed by atoms with Crippen molar-refractivity contribution < 1.29 is 18.0 Å². The van der Waals surface area contributed by atoms with Gasteiger partial charge in [0, 0.05) is 0 Å². The monoisotopic (exact) mass is 260 g/mol. The van der Waals surface area contributed by atoms with Crippen molar-refractivity contribution in [3.63, 3.8) is 0 Å². The zero-order valence-corrected chi connectivity index (χ0v) is 9.09. The van der Waals surface area contributed by atoms with Crippen LogP contribution in [0.3, 0.4) is 0 Å². The molecular formula is C8H7F3N6O. The molecule has 2 heterocycles. The van der Waals surface area contributed by atoms with E-state index in [-0.39, 0.29) is 12.1 Å². The van der Waals surface area contributed by atoms with Crippen molar-refractivity contribution in [3.8, 4) is 0 Å². The van der Waals surface area contributed by atoms with Gasteiger partial charge in [0.05, 0.1) is 18.1 Å². The number of halogens is 3. The van der Waals surface area contributed by atoms with Crippen molar-refractivity contribution >= 4 is 6.03 Å². The molecular weight excluding hydrogens is 253 g/mol. The molecule has 96 valence electrons. The molecule has 0 atom stereocenters. The SMILES string of the molecule is CCc1c(C(F)(F)F)nnn1C(=O)n1ccnn1. The van der Waals surface area contributed by atoms with Crippen LogP contribution in [0.1, 0.15) is 18.3 Å². The maximum Gasteiger partial charge on any atom is 0.437 e. The fourth-order valence-corrected chi connectivity index (χ4v) is 1.40. The van der Waals surface area contributed by atoms with E-state index in [1.165, 1.54) is 19.3 Å².